The van der Waals surface area contributed by atoms with E-state index >= 15 is 0 Å². The van der Waals surface area contributed by atoms with Gasteiger partial charge in [0.1, 0.15) is 6.54 Å². The summed E-state index contributed by atoms with van der Waals surface area (Å²) < 4.78 is 67.5. The summed E-state index contributed by atoms with van der Waals surface area (Å²) in [5, 5.41) is 1.71. The Balaban J connectivity index is 2.03. The number of piperidine rings is 1. The van der Waals surface area contributed by atoms with E-state index in [9.17, 15) is 31.2 Å². The maximum atomic E-state index is 12.6. The standard InChI is InChI=1S/C16H19F3N2O5S/c1-26-15(23)12-6-8-21(9-7-12)27(24,25)13-4-2-11(3-5-13)14(22)20-10-16(17,18)19/h2-5,12H,6-10H2,1H3,(H,20,22). The lowest BCUT2D eigenvalue weighted by molar-refractivity contribution is -0.146. The number of benzene rings is 1. The zero-order valence-corrected chi connectivity index (χ0v) is 15.3. The zero-order valence-electron chi connectivity index (χ0n) is 14.5. The highest BCUT2D eigenvalue weighted by Gasteiger charge is 2.32. The van der Waals surface area contributed by atoms with Gasteiger partial charge in [0, 0.05) is 18.7 Å². The first kappa shape index (κ1) is 21.2. The van der Waals surface area contributed by atoms with E-state index in [1.54, 1.807) is 5.32 Å². The molecule has 1 aliphatic rings. The predicted molar refractivity (Wildman–Crippen MR) is 88.3 cm³/mol. The Hall–Kier alpha value is -2.14. The van der Waals surface area contributed by atoms with Crippen LogP contribution >= 0.6 is 0 Å². The number of hydrogen-bond acceptors (Lipinski definition) is 5. The molecule has 1 aromatic rings. The number of esters is 1. The number of alkyl halides is 3. The molecule has 1 amide bonds. The summed E-state index contributed by atoms with van der Waals surface area (Å²) in [6.45, 7) is -1.17. The lowest BCUT2D eigenvalue weighted by Gasteiger charge is -2.29. The number of carbonyl (C=O) groups is 2. The summed E-state index contributed by atoms with van der Waals surface area (Å²) >= 11 is 0. The van der Waals surface area contributed by atoms with Crippen LogP contribution in [0.2, 0.25) is 0 Å². The van der Waals surface area contributed by atoms with Crippen molar-refractivity contribution >= 4 is 21.9 Å². The maximum Gasteiger partial charge on any atom is 0.405 e. The van der Waals surface area contributed by atoms with Gasteiger partial charge < -0.3 is 10.1 Å². The number of hydrogen-bond donors (Lipinski definition) is 1. The Labute approximate surface area is 154 Å². The molecule has 150 valence electrons. The van der Waals surface area contributed by atoms with Crippen molar-refractivity contribution in [3.8, 4) is 0 Å². The van der Waals surface area contributed by atoms with Gasteiger partial charge in [-0.3, -0.25) is 9.59 Å². The summed E-state index contributed by atoms with van der Waals surface area (Å²) in [5.74, 6) is -1.67. The number of nitrogens with one attached hydrogen (secondary N) is 1. The zero-order chi connectivity index (χ0) is 20.2. The molecule has 7 nitrogen and oxygen atoms in total. The largest absolute Gasteiger partial charge is 0.469 e. The summed E-state index contributed by atoms with van der Waals surface area (Å²) in [7, 11) is -2.55. The SMILES string of the molecule is COC(=O)C1CCN(S(=O)(=O)c2ccc(C(=O)NCC(F)(F)F)cc2)CC1. The fourth-order valence-electron chi connectivity index (χ4n) is 2.71. The molecule has 1 aliphatic heterocycles. The summed E-state index contributed by atoms with van der Waals surface area (Å²) in [6.07, 6.45) is -3.86. The fourth-order valence-corrected chi connectivity index (χ4v) is 4.18. The van der Waals surface area contributed by atoms with Gasteiger partial charge in [0.15, 0.2) is 0 Å². The van der Waals surface area contributed by atoms with Crippen LogP contribution in [0.4, 0.5) is 13.2 Å². The van der Waals surface area contributed by atoms with Crippen LogP contribution in [0.5, 0.6) is 0 Å². The molecule has 0 unspecified atom stereocenters. The van der Waals surface area contributed by atoms with Crippen LogP contribution in [-0.2, 0) is 19.6 Å². The van der Waals surface area contributed by atoms with Gasteiger partial charge in [-0.1, -0.05) is 0 Å². The molecule has 1 heterocycles. The lowest BCUT2D eigenvalue weighted by Crippen LogP contribution is -2.40. The number of ether oxygens (including phenoxy) is 1. The Bertz CT molecular complexity index is 785. The van der Waals surface area contributed by atoms with Crippen molar-refractivity contribution in [3.63, 3.8) is 0 Å². The average molecular weight is 408 g/mol. The Kier molecular flexibility index (Phi) is 6.47. The van der Waals surface area contributed by atoms with E-state index in [0.717, 1.165) is 12.1 Å². The molecule has 0 saturated carbocycles. The molecule has 1 saturated heterocycles. The molecular formula is C16H19F3N2O5S. The molecule has 1 aromatic carbocycles. The van der Waals surface area contributed by atoms with Crippen molar-refractivity contribution in [2.75, 3.05) is 26.7 Å². The topological polar surface area (TPSA) is 92.8 Å². The number of amides is 1. The van der Waals surface area contributed by atoms with Crippen LogP contribution < -0.4 is 5.32 Å². The van der Waals surface area contributed by atoms with Crippen LogP contribution in [0.3, 0.4) is 0 Å². The minimum atomic E-state index is -4.53. The van der Waals surface area contributed by atoms with E-state index < -0.39 is 28.7 Å². The molecule has 2 rings (SSSR count). The first-order valence-electron chi connectivity index (χ1n) is 8.07. The maximum absolute atomic E-state index is 12.6. The number of halogens is 3. The molecule has 0 aliphatic carbocycles. The van der Waals surface area contributed by atoms with Crippen LogP contribution in [0, 0.1) is 5.92 Å². The third-order valence-corrected chi connectivity index (χ3v) is 6.10. The van der Waals surface area contributed by atoms with Gasteiger partial charge in [0.2, 0.25) is 10.0 Å². The van der Waals surface area contributed by atoms with E-state index in [2.05, 4.69) is 4.74 Å². The van der Waals surface area contributed by atoms with Crippen molar-refractivity contribution < 1.29 is 35.9 Å². The monoisotopic (exact) mass is 408 g/mol. The van der Waals surface area contributed by atoms with Gasteiger partial charge in [-0.05, 0) is 37.1 Å². The lowest BCUT2D eigenvalue weighted by atomic mass is 9.99. The van der Waals surface area contributed by atoms with E-state index in [-0.39, 0.29) is 35.4 Å². The third-order valence-electron chi connectivity index (χ3n) is 4.19. The van der Waals surface area contributed by atoms with Gasteiger partial charge in [0.05, 0.1) is 17.9 Å². The molecule has 0 bridgehead atoms. The second-order valence-corrected chi connectivity index (χ2v) is 7.96. The van der Waals surface area contributed by atoms with Crippen LogP contribution in [0.25, 0.3) is 0 Å². The highest BCUT2D eigenvalue weighted by Crippen LogP contribution is 2.24. The van der Waals surface area contributed by atoms with E-state index in [4.69, 9.17) is 0 Å². The second kappa shape index (κ2) is 8.26. The first-order chi connectivity index (χ1) is 12.5. The number of carbonyl (C=O) groups excluding carboxylic acids is 2. The van der Waals surface area contributed by atoms with E-state index in [0.29, 0.717) is 12.8 Å². The molecule has 0 spiro atoms. The molecule has 0 aromatic heterocycles. The first-order valence-corrected chi connectivity index (χ1v) is 9.51. The average Bonchev–Trinajstić information content (AvgIpc) is 2.65. The Morgan fingerprint density at radius 2 is 1.74 bits per heavy atom. The third kappa shape index (κ3) is 5.42. The number of nitrogens with zero attached hydrogens (tertiary/aromatic N) is 1. The minimum Gasteiger partial charge on any atom is -0.469 e. The number of rotatable bonds is 5. The van der Waals surface area contributed by atoms with Crippen molar-refractivity contribution in [1.29, 1.82) is 0 Å². The molecule has 1 fully saturated rings. The van der Waals surface area contributed by atoms with Crippen molar-refractivity contribution in [2.24, 2.45) is 5.92 Å². The number of methoxy groups -OCH3 is 1. The van der Waals surface area contributed by atoms with Gasteiger partial charge in [-0.25, -0.2) is 8.42 Å². The Morgan fingerprint density at radius 3 is 2.22 bits per heavy atom. The van der Waals surface area contributed by atoms with Crippen LogP contribution in [0.1, 0.15) is 23.2 Å². The quantitative estimate of drug-likeness (QED) is 0.747. The second-order valence-electron chi connectivity index (χ2n) is 6.02. The highest BCUT2D eigenvalue weighted by atomic mass is 32.2. The normalized spacial score (nSPS) is 16.7. The molecule has 0 radical (unpaired) electrons. The molecule has 11 heteroatoms. The number of sulfonamides is 1. The van der Waals surface area contributed by atoms with Crippen molar-refractivity contribution in [3.05, 3.63) is 29.8 Å². The van der Waals surface area contributed by atoms with Crippen molar-refractivity contribution in [2.45, 2.75) is 23.9 Å². The Morgan fingerprint density at radius 1 is 1.19 bits per heavy atom. The van der Waals surface area contributed by atoms with E-state index in [1.165, 1.54) is 23.5 Å². The van der Waals surface area contributed by atoms with Crippen molar-refractivity contribution in [1.82, 2.24) is 9.62 Å². The fraction of sp³-hybridized carbons (Fsp3) is 0.500. The molecule has 0 atom stereocenters. The van der Waals surface area contributed by atoms with Gasteiger partial charge in [0.25, 0.3) is 5.91 Å². The highest BCUT2D eigenvalue weighted by molar-refractivity contribution is 7.89. The van der Waals surface area contributed by atoms with Crippen LogP contribution in [0.15, 0.2) is 29.2 Å². The van der Waals surface area contributed by atoms with Gasteiger partial charge >= 0.3 is 12.1 Å². The minimum absolute atomic E-state index is 0.0774. The summed E-state index contributed by atoms with van der Waals surface area (Å²) in [5.41, 5.74) is -0.0809. The van der Waals surface area contributed by atoms with Crippen LogP contribution in [-0.4, -0.2) is 57.5 Å². The van der Waals surface area contributed by atoms with Gasteiger partial charge in [-0.15, -0.1) is 0 Å². The molecular weight excluding hydrogens is 389 g/mol. The molecule has 27 heavy (non-hydrogen) atoms. The van der Waals surface area contributed by atoms with Gasteiger partial charge in [-0.2, -0.15) is 17.5 Å². The summed E-state index contributed by atoms with van der Waals surface area (Å²) in [4.78, 5) is 23.1. The smallest absolute Gasteiger partial charge is 0.405 e. The molecule has 1 N–H and O–H groups in total. The summed E-state index contributed by atoms with van der Waals surface area (Å²) in [6, 6.07) is 4.65. The predicted octanol–water partition coefficient (Wildman–Crippen LogP) is 1.55. The van der Waals surface area contributed by atoms with E-state index in [1.807, 2.05) is 0 Å².